The Bertz CT molecular complexity index is 1010. The van der Waals surface area contributed by atoms with Gasteiger partial charge in [0, 0.05) is 30.7 Å². The van der Waals surface area contributed by atoms with Crippen LogP contribution < -0.4 is 10.6 Å². The molecule has 0 spiro atoms. The number of rotatable bonds is 6. The van der Waals surface area contributed by atoms with Crippen LogP contribution in [0.5, 0.6) is 0 Å². The molecule has 5 nitrogen and oxygen atoms in total. The van der Waals surface area contributed by atoms with Gasteiger partial charge in [0.05, 0.1) is 5.92 Å². The minimum atomic E-state index is -0.245. The molecule has 1 heterocycles. The third-order valence-corrected chi connectivity index (χ3v) is 7.21. The number of nitrogens with zero attached hydrogens (tertiary/aromatic N) is 1. The molecular weight excluding hydrogens is 398 g/mol. The Morgan fingerprint density at radius 3 is 2.50 bits per heavy atom. The van der Waals surface area contributed by atoms with Crippen molar-refractivity contribution in [3.8, 4) is 0 Å². The average Bonchev–Trinajstić information content (AvgIpc) is 3.62. The van der Waals surface area contributed by atoms with Gasteiger partial charge in [0.15, 0.2) is 0 Å². The van der Waals surface area contributed by atoms with Crippen LogP contribution in [0.2, 0.25) is 0 Å². The summed E-state index contributed by atoms with van der Waals surface area (Å²) < 4.78 is 0. The molecule has 0 radical (unpaired) electrons. The number of amides is 2. The summed E-state index contributed by atoms with van der Waals surface area (Å²) in [5, 5.41) is 6.56. The van der Waals surface area contributed by atoms with Crippen LogP contribution in [0.15, 0.2) is 36.4 Å². The third kappa shape index (κ3) is 4.88. The van der Waals surface area contributed by atoms with E-state index in [4.69, 9.17) is 0 Å². The second kappa shape index (κ2) is 9.45. The van der Waals surface area contributed by atoms with E-state index in [2.05, 4.69) is 47.6 Å². The first kappa shape index (κ1) is 22.5. The number of aryl methyl sites for hydroxylation is 3. The molecule has 0 aromatic heterocycles. The summed E-state index contributed by atoms with van der Waals surface area (Å²) in [4.78, 5) is 28.8. The zero-order chi connectivity index (χ0) is 22.8. The summed E-state index contributed by atoms with van der Waals surface area (Å²) in [7, 11) is 0. The minimum Gasteiger partial charge on any atom is -0.348 e. The molecule has 1 aliphatic heterocycles. The number of carbonyl (C=O) groups excluding carboxylic acids is 2. The molecule has 2 fully saturated rings. The van der Waals surface area contributed by atoms with Crippen molar-refractivity contribution in [3.05, 3.63) is 69.8 Å². The highest BCUT2D eigenvalue weighted by atomic mass is 16.2. The van der Waals surface area contributed by atoms with E-state index >= 15 is 0 Å². The largest absolute Gasteiger partial charge is 0.348 e. The predicted molar refractivity (Wildman–Crippen MR) is 128 cm³/mol. The molecule has 2 aromatic carbocycles. The highest BCUT2D eigenvalue weighted by Crippen LogP contribution is 2.32. The molecule has 1 saturated carbocycles. The first-order valence-corrected chi connectivity index (χ1v) is 11.8. The Hall–Kier alpha value is -2.66. The lowest BCUT2D eigenvalue weighted by atomic mass is 9.91. The van der Waals surface area contributed by atoms with E-state index < -0.39 is 0 Å². The van der Waals surface area contributed by atoms with Gasteiger partial charge in [-0.2, -0.15) is 0 Å². The fourth-order valence-electron chi connectivity index (χ4n) is 4.58. The second-order valence-corrected chi connectivity index (χ2v) is 9.53. The summed E-state index contributed by atoms with van der Waals surface area (Å²) in [5.74, 6) is -0.179. The van der Waals surface area contributed by atoms with Crippen LogP contribution in [0, 0.1) is 33.6 Å². The average molecular weight is 434 g/mol. The van der Waals surface area contributed by atoms with Gasteiger partial charge < -0.3 is 15.5 Å². The SMILES string of the molecule is Cc1ccc(C(=O)NC2CCNCC2C(=O)N(Cc2cccc(C)c2C)C2CC2)cc1C. The smallest absolute Gasteiger partial charge is 0.251 e. The highest BCUT2D eigenvalue weighted by Gasteiger charge is 2.40. The van der Waals surface area contributed by atoms with E-state index in [1.54, 1.807) is 0 Å². The van der Waals surface area contributed by atoms with Gasteiger partial charge >= 0.3 is 0 Å². The van der Waals surface area contributed by atoms with Gasteiger partial charge in [0.25, 0.3) is 5.91 Å². The van der Waals surface area contributed by atoms with Crippen molar-refractivity contribution < 1.29 is 9.59 Å². The lowest BCUT2D eigenvalue weighted by molar-refractivity contribution is -0.138. The Morgan fingerprint density at radius 1 is 1.00 bits per heavy atom. The topological polar surface area (TPSA) is 61.4 Å². The maximum absolute atomic E-state index is 13.7. The zero-order valence-corrected chi connectivity index (χ0v) is 19.7. The standard InChI is InChI=1S/C27H35N3O2/c1-17-8-9-21(14-19(17)3)26(31)29-25-12-13-28-15-24(25)27(32)30(23-10-11-23)16-22-7-5-6-18(2)20(22)4/h5-9,14,23-25,28H,10-13,15-16H2,1-4H3,(H,29,31). The summed E-state index contributed by atoms with van der Waals surface area (Å²) in [6.07, 6.45) is 2.89. The number of hydrogen-bond donors (Lipinski definition) is 2. The second-order valence-electron chi connectivity index (χ2n) is 9.53. The highest BCUT2D eigenvalue weighted by molar-refractivity contribution is 5.95. The van der Waals surface area contributed by atoms with Gasteiger partial charge in [-0.05, 0) is 93.5 Å². The van der Waals surface area contributed by atoms with Crippen molar-refractivity contribution in [2.75, 3.05) is 13.1 Å². The first-order chi connectivity index (χ1) is 15.3. The molecule has 32 heavy (non-hydrogen) atoms. The van der Waals surface area contributed by atoms with Gasteiger partial charge in [0.1, 0.15) is 0 Å². The fourth-order valence-corrected chi connectivity index (χ4v) is 4.58. The molecule has 170 valence electrons. The number of nitrogens with one attached hydrogen (secondary N) is 2. The summed E-state index contributed by atoms with van der Waals surface area (Å²) in [5.41, 5.74) is 6.65. The summed E-state index contributed by atoms with van der Waals surface area (Å²) in [6.45, 7) is 10.4. The number of carbonyl (C=O) groups is 2. The van der Waals surface area contributed by atoms with E-state index in [1.807, 2.05) is 32.0 Å². The van der Waals surface area contributed by atoms with Crippen molar-refractivity contribution in [2.45, 2.75) is 65.6 Å². The lowest BCUT2D eigenvalue weighted by Crippen LogP contribution is -2.55. The van der Waals surface area contributed by atoms with Crippen LogP contribution in [0.4, 0.5) is 0 Å². The van der Waals surface area contributed by atoms with E-state index in [1.165, 1.54) is 22.3 Å². The molecule has 2 atom stereocenters. The van der Waals surface area contributed by atoms with Crippen LogP contribution in [-0.4, -0.2) is 41.9 Å². The fraction of sp³-hybridized carbons (Fsp3) is 0.481. The monoisotopic (exact) mass is 433 g/mol. The molecule has 0 bridgehead atoms. The first-order valence-electron chi connectivity index (χ1n) is 11.8. The molecular formula is C27H35N3O2. The molecule has 2 aromatic rings. The van der Waals surface area contributed by atoms with Crippen LogP contribution in [0.3, 0.4) is 0 Å². The van der Waals surface area contributed by atoms with Crippen LogP contribution in [0.25, 0.3) is 0 Å². The molecule has 2 unspecified atom stereocenters. The van der Waals surface area contributed by atoms with E-state index in [9.17, 15) is 9.59 Å². The molecule has 4 rings (SSSR count). The van der Waals surface area contributed by atoms with Crippen molar-refractivity contribution in [1.82, 2.24) is 15.5 Å². The molecule has 2 aliphatic rings. The van der Waals surface area contributed by atoms with Crippen molar-refractivity contribution in [3.63, 3.8) is 0 Å². The quantitative estimate of drug-likeness (QED) is 0.728. The minimum absolute atomic E-state index is 0.0923. The molecule has 2 N–H and O–H groups in total. The van der Waals surface area contributed by atoms with Gasteiger partial charge in [-0.15, -0.1) is 0 Å². The number of hydrogen-bond acceptors (Lipinski definition) is 3. The Morgan fingerprint density at radius 2 is 1.78 bits per heavy atom. The third-order valence-electron chi connectivity index (χ3n) is 7.21. The maximum Gasteiger partial charge on any atom is 0.251 e. The number of benzene rings is 2. The molecule has 5 heteroatoms. The number of piperidine rings is 1. The van der Waals surface area contributed by atoms with Gasteiger partial charge in [-0.1, -0.05) is 24.3 Å². The van der Waals surface area contributed by atoms with E-state index in [-0.39, 0.29) is 23.8 Å². The Labute approximate surface area is 191 Å². The van der Waals surface area contributed by atoms with Gasteiger partial charge in [-0.25, -0.2) is 0 Å². The van der Waals surface area contributed by atoms with Crippen molar-refractivity contribution in [1.29, 1.82) is 0 Å². The normalized spacial score (nSPS) is 20.6. The van der Waals surface area contributed by atoms with Gasteiger partial charge in [0.2, 0.25) is 5.91 Å². The van der Waals surface area contributed by atoms with E-state index in [0.717, 1.165) is 31.4 Å². The Kier molecular flexibility index (Phi) is 6.66. The van der Waals surface area contributed by atoms with E-state index in [0.29, 0.717) is 24.7 Å². The van der Waals surface area contributed by atoms with Crippen LogP contribution in [-0.2, 0) is 11.3 Å². The van der Waals surface area contributed by atoms with Crippen molar-refractivity contribution >= 4 is 11.8 Å². The maximum atomic E-state index is 13.7. The molecule has 1 aliphatic carbocycles. The van der Waals surface area contributed by atoms with Crippen LogP contribution in [0.1, 0.15) is 57.4 Å². The van der Waals surface area contributed by atoms with Crippen molar-refractivity contribution in [2.24, 2.45) is 5.92 Å². The molecule has 2 amide bonds. The molecule has 1 saturated heterocycles. The Balaban J connectivity index is 1.51. The predicted octanol–water partition coefficient (Wildman–Crippen LogP) is 3.82. The lowest BCUT2D eigenvalue weighted by Gasteiger charge is -2.36. The summed E-state index contributed by atoms with van der Waals surface area (Å²) >= 11 is 0. The van der Waals surface area contributed by atoms with Crippen LogP contribution >= 0.6 is 0 Å². The van der Waals surface area contributed by atoms with Gasteiger partial charge in [-0.3, -0.25) is 9.59 Å². The summed E-state index contributed by atoms with van der Waals surface area (Å²) in [6, 6.07) is 12.3. The zero-order valence-electron chi connectivity index (χ0n) is 19.7.